The van der Waals surface area contributed by atoms with E-state index in [0.717, 1.165) is 34.2 Å². The number of hydrogen-bond donors (Lipinski definition) is 0. The first-order valence-corrected chi connectivity index (χ1v) is 12.7. The number of nitrogens with zero attached hydrogens (tertiary/aromatic N) is 3. The van der Waals surface area contributed by atoms with Gasteiger partial charge in [0.15, 0.2) is 4.80 Å². The Morgan fingerprint density at radius 3 is 2.55 bits per heavy atom. The van der Waals surface area contributed by atoms with E-state index in [4.69, 9.17) is 0 Å². The lowest BCUT2D eigenvalue weighted by Crippen LogP contribution is -2.39. The Morgan fingerprint density at radius 2 is 1.87 bits per heavy atom. The number of amides is 1. The second-order valence-electron chi connectivity index (χ2n) is 8.43. The van der Waals surface area contributed by atoms with Crippen molar-refractivity contribution >= 4 is 37.5 Å². The number of hydrogen-bond acceptors (Lipinski definition) is 4. The SMILES string of the molecule is Cc1cc(C)c2sc(=NC(=O)c3ccc(S(=O)(=O)N4CCCC(C)C4)cc3)n(C)c2c1. The van der Waals surface area contributed by atoms with Gasteiger partial charge in [0.05, 0.1) is 15.1 Å². The van der Waals surface area contributed by atoms with E-state index in [0.29, 0.717) is 29.4 Å². The summed E-state index contributed by atoms with van der Waals surface area (Å²) in [5, 5.41) is 0. The lowest BCUT2D eigenvalue weighted by atomic mass is 10.0. The highest BCUT2D eigenvalue weighted by Gasteiger charge is 2.28. The summed E-state index contributed by atoms with van der Waals surface area (Å²) in [6.45, 7) is 7.26. The van der Waals surface area contributed by atoms with Crippen molar-refractivity contribution in [1.82, 2.24) is 8.87 Å². The molecule has 1 unspecified atom stereocenters. The van der Waals surface area contributed by atoms with Crippen molar-refractivity contribution in [3.05, 3.63) is 57.9 Å². The smallest absolute Gasteiger partial charge is 0.279 e. The summed E-state index contributed by atoms with van der Waals surface area (Å²) in [5.74, 6) is -0.0234. The van der Waals surface area contributed by atoms with Crippen LogP contribution < -0.4 is 4.80 Å². The second-order valence-corrected chi connectivity index (χ2v) is 11.3. The summed E-state index contributed by atoms with van der Waals surface area (Å²) in [5.41, 5.74) is 3.74. The van der Waals surface area contributed by atoms with Crippen molar-refractivity contribution in [3.63, 3.8) is 0 Å². The first-order chi connectivity index (χ1) is 14.7. The summed E-state index contributed by atoms with van der Waals surface area (Å²) in [6.07, 6.45) is 1.93. The van der Waals surface area contributed by atoms with Crippen LogP contribution in [0.5, 0.6) is 0 Å². The number of aromatic nitrogens is 1. The van der Waals surface area contributed by atoms with Gasteiger partial charge in [0, 0.05) is 25.7 Å². The minimum Gasteiger partial charge on any atom is -0.319 e. The largest absolute Gasteiger partial charge is 0.319 e. The van der Waals surface area contributed by atoms with Gasteiger partial charge in [-0.3, -0.25) is 4.79 Å². The average molecular weight is 458 g/mol. The first kappa shape index (κ1) is 21.9. The van der Waals surface area contributed by atoms with Crippen molar-refractivity contribution in [3.8, 4) is 0 Å². The number of sulfonamides is 1. The van der Waals surface area contributed by atoms with Crippen LogP contribution in [0, 0.1) is 19.8 Å². The molecule has 1 aliphatic heterocycles. The van der Waals surface area contributed by atoms with Gasteiger partial charge in [0.2, 0.25) is 10.0 Å². The number of rotatable bonds is 3. The van der Waals surface area contributed by atoms with Crippen molar-refractivity contribution in [2.24, 2.45) is 18.0 Å². The van der Waals surface area contributed by atoms with Gasteiger partial charge < -0.3 is 4.57 Å². The maximum absolute atomic E-state index is 12.9. The van der Waals surface area contributed by atoms with Gasteiger partial charge in [0.25, 0.3) is 5.91 Å². The first-order valence-electron chi connectivity index (χ1n) is 10.4. The van der Waals surface area contributed by atoms with Crippen LogP contribution in [0.3, 0.4) is 0 Å². The predicted octanol–water partition coefficient (Wildman–Crippen LogP) is 4.02. The van der Waals surface area contributed by atoms with Crippen molar-refractivity contribution in [2.75, 3.05) is 13.1 Å². The van der Waals surface area contributed by atoms with Crippen molar-refractivity contribution in [1.29, 1.82) is 0 Å². The van der Waals surface area contributed by atoms with Gasteiger partial charge >= 0.3 is 0 Å². The van der Waals surface area contributed by atoms with E-state index in [9.17, 15) is 13.2 Å². The highest BCUT2D eigenvalue weighted by atomic mass is 32.2. The van der Waals surface area contributed by atoms with Crippen molar-refractivity contribution < 1.29 is 13.2 Å². The van der Waals surface area contributed by atoms with Crippen LogP contribution in [-0.4, -0.2) is 36.3 Å². The Kier molecular flexibility index (Phi) is 5.89. The van der Waals surface area contributed by atoms with Gasteiger partial charge in [0.1, 0.15) is 0 Å². The van der Waals surface area contributed by atoms with Crippen molar-refractivity contribution in [2.45, 2.75) is 38.5 Å². The molecule has 164 valence electrons. The van der Waals surface area contributed by atoms with Gasteiger partial charge in [-0.2, -0.15) is 9.30 Å². The van der Waals surface area contributed by atoms with Gasteiger partial charge in [-0.05, 0) is 74.1 Å². The van der Waals surface area contributed by atoms with E-state index < -0.39 is 10.0 Å². The molecule has 1 saturated heterocycles. The average Bonchev–Trinajstić information content (AvgIpc) is 3.04. The van der Waals surface area contributed by atoms with E-state index in [1.807, 2.05) is 18.5 Å². The summed E-state index contributed by atoms with van der Waals surface area (Å²) >= 11 is 1.48. The fraction of sp³-hybridized carbons (Fsp3) is 0.391. The molecular weight excluding hydrogens is 430 g/mol. The van der Waals surface area contributed by atoms with Crippen LogP contribution in [0.25, 0.3) is 10.2 Å². The van der Waals surface area contributed by atoms with Crippen LogP contribution in [0.2, 0.25) is 0 Å². The molecule has 1 amide bonds. The molecule has 0 spiro atoms. The third kappa shape index (κ3) is 4.24. The van der Waals surface area contributed by atoms with Gasteiger partial charge in [-0.25, -0.2) is 8.42 Å². The molecule has 1 aliphatic rings. The summed E-state index contributed by atoms with van der Waals surface area (Å²) in [6, 6.07) is 10.3. The molecule has 8 heteroatoms. The van der Waals surface area contributed by atoms with E-state index in [-0.39, 0.29) is 10.8 Å². The number of thiazole rings is 1. The normalized spacial score (nSPS) is 18.6. The molecule has 2 heterocycles. The maximum Gasteiger partial charge on any atom is 0.279 e. The van der Waals surface area contributed by atoms with Gasteiger partial charge in [-0.1, -0.05) is 24.3 Å². The molecule has 31 heavy (non-hydrogen) atoms. The zero-order valence-corrected chi connectivity index (χ0v) is 19.9. The maximum atomic E-state index is 12.9. The molecule has 0 radical (unpaired) electrons. The molecule has 2 aromatic carbocycles. The predicted molar refractivity (Wildman–Crippen MR) is 124 cm³/mol. The number of benzene rings is 2. The van der Waals surface area contributed by atoms with Crippen LogP contribution >= 0.6 is 11.3 Å². The van der Waals surface area contributed by atoms with E-state index in [2.05, 4.69) is 31.0 Å². The van der Waals surface area contributed by atoms with Gasteiger partial charge in [-0.15, -0.1) is 0 Å². The lowest BCUT2D eigenvalue weighted by Gasteiger charge is -2.30. The molecule has 6 nitrogen and oxygen atoms in total. The lowest BCUT2D eigenvalue weighted by molar-refractivity contribution is 0.0998. The standard InChI is InChI=1S/C23H27N3O3S2/c1-15-6-5-11-26(14-15)31(28,29)19-9-7-18(8-10-19)22(27)24-23-25(4)20-13-16(2)12-17(3)21(20)30-23/h7-10,12-13,15H,5-6,11,14H2,1-4H3. The fourth-order valence-corrected chi connectivity index (χ4v) is 6.77. The van der Waals surface area contributed by atoms with Crippen LogP contribution in [-0.2, 0) is 17.1 Å². The summed E-state index contributed by atoms with van der Waals surface area (Å²) < 4.78 is 30.4. The molecule has 0 N–H and O–H groups in total. The minimum atomic E-state index is -3.54. The molecule has 0 aliphatic carbocycles. The van der Waals surface area contributed by atoms with Crippen LogP contribution in [0.4, 0.5) is 0 Å². The monoisotopic (exact) mass is 457 g/mol. The molecular formula is C23H27N3O3S2. The molecule has 1 fully saturated rings. The molecule has 1 aromatic heterocycles. The number of carbonyl (C=O) groups is 1. The molecule has 0 saturated carbocycles. The number of fused-ring (bicyclic) bond motifs is 1. The second kappa shape index (κ2) is 8.33. The van der Waals surface area contributed by atoms with E-state index in [1.165, 1.54) is 23.5 Å². The molecule has 1 atom stereocenters. The zero-order chi connectivity index (χ0) is 22.3. The Hall–Kier alpha value is -2.29. The number of piperidine rings is 1. The Balaban J connectivity index is 1.63. The Labute approximate surface area is 186 Å². The van der Waals surface area contributed by atoms with E-state index in [1.54, 1.807) is 16.4 Å². The summed E-state index contributed by atoms with van der Waals surface area (Å²) in [4.78, 5) is 17.9. The topological polar surface area (TPSA) is 71.7 Å². The minimum absolute atomic E-state index is 0.219. The molecule has 0 bridgehead atoms. The Bertz CT molecular complexity index is 1320. The highest BCUT2D eigenvalue weighted by Crippen LogP contribution is 2.24. The van der Waals surface area contributed by atoms with Crippen LogP contribution in [0.1, 0.15) is 41.3 Å². The molecule has 3 aromatic rings. The summed E-state index contributed by atoms with van der Waals surface area (Å²) in [7, 11) is -1.64. The Morgan fingerprint density at radius 1 is 1.16 bits per heavy atom. The quantitative estimate of drug-likeness (QED) is 0.596. The third-order valence-corrected chi connectivity index (χ3v) is 8.96. The zero-order valence-electron chi connectivity index (χ0n) is 18.3. The van der Waals surface area contributed by atoms with Crippen LogP contribution in [0.15, 0.2) is 46.3 Å². The highest BCUT2D eigenvalue weighted by molar-refractivity contribution is 7.89. The number of carbonyl (C=O) groups excluding carboxylic acids is 1. The number of aryl methyl sites for hydroxylation is 3. The fourth-order valence-electron chi connectivity index (χ4n) is 4.11. The molecule has 4 rings (SSSR count). The van der Waals surface area contributed by atoms with E-state index >= 15 is 0 Å². The third-order valence-electron chi connectivity index (χ3n) is 5.80.